The van der Waals surface area contributed by atoms with Crippen LogP contribution in [0.15, 0.2) is 22.8 Å². The quantitative estimate of drug-likeness (QED) is 0.852. The molecule has 1 aliphatic heterocycles. The van der Waals surface area contributed by atoms with Crippen LogP contribution in [0, 0.1) is 11.8 Å². The van der Waals surface area contributed by atoms with Gasteiger partial charge in [-0.2, -0.15) is 0 Å². The Morgan fingerprint density at radius 2 is 1.74 bits per heavy atom. The SMILES string of the molecule is Brc1ccc2nnc(N3CCC(C4CC4)CC3)n2c1. The Bertz CT molecular complexity index is 597. The molecule has 0 bridgehead atoms. The molecule has 1 saturated carbocycles. The van der Waals surface area contributed by atoms with Gasteiger partial charge in [-0.05, 0) is 65.6 Å². The van der Waals surface area contributed by atoms with E-state index in [4.69, 9.17) is 0 Å². The molecule has 1 saturated heterocycles. The highest BCUT2D eigenvalue weighted by Gasteiger charge is 2.34. The molecule has 4 rings (SSSR count). The second kappa shape index (κ2) is 4.47. The third-order valence-electron chi connectivity index (χ3n) is 4.46. The van der Waals surface area contributed by atoms with Crippen molar-refractivity contribution in [2.45, 2.75) is 25.7 Å². The summed E-state index contributed by atoms with van der Waals surface area (Å²) in [6, 6.07) is 4.00. The van der Waals surface area contributed by atoms with Crippen molar-refractivity contribution in [2.24, 2.45) is 11.8 Å². The van der Waals surface area contributed by atoms with Crippen LogP contribution in [0.25, 0.3) is 5.65 Å². The van der Waals surface area contributed by atoms with Gasteiger partial charge < -0.3 is 4.90 Å². The molecule has 100 valence electrons. The molecule has 0 amide bonds. The zero-order chi connectivity index (χ0) is 12.8. The average molecular weight is 321 g/mol. The zero-order valence-corrected chi connectivity index (χ0v) is 12.4. The van der Waals surface area contributed by atoms with Crippen LogP contribution in [-0.4, -0.2) is 27.7 Å². The van der Waals surface area contributed by atoms with Crippen LogP contribution in [0.2, 0.25) is 0 Å². The van der Waals surface area contributed by atoms with Gasteiger partial charge in [-0.15, -0.1) is 10.2 Å². The Hall–Kier alpha value is -1.10. The molecule has 4 nitrogen and oxygen atoms in total. The van der Waals surface area contributed by atoms with E-state index in [-0.39, 0.29) is 0 Å². The molecule has 0 aromatic carbocycles. The van der Waals surface area contributed by atoms with E-state index in [1.807, 2.05) is 12.1 Å². The highest BCUT2D eigenvalue weighted by atomic mass is 79.9. The van der Waals surface area contributed by atoms with Gasteiger partial charge >= 0.3 is 0 Å². The second-order valence-corrected chi connectivity index (χ2v) is 6.65. The largest absolute Gasteiger partial charge is 0.341 e. The maximum atomic E-state index is 4.36. The number of halogens is 1. The number of hydrogen-bond acceptors (Lipinski definition) is 3. The van der Waals surface area contributed by atoms with Gasteiger partial charge in [0.1, 0.15) is 0 Å². The number of hydrogen-bond donors (Lipinski definition) is 0. The molecule has 0 unspecified atom stereocenters. The summed E-state index contributed by atoms with van der Waals surface area (Å²) in [7, 11) is 0. The first-order valence-corrected chi connectivity index (χ1v) is 7.86. The maximum absolute atomic E-state index is 4.36. The van der Waals surface area contributed by atoms with E-state index in [9.17, 15) is 0 Å². The Balaban J connectivity index is 1.58. The highest BCUT2D eigenvalue weighted by molar-refractivity contribution is 9.10. The van der Waals surface area contributed by atoms with Gasteiger partial charge in [0.15, 0.2) is 5.65 Å². The third kappa shape index (κ3) is 2.14. The van der Waals surface area contributed by atoms with E-state index in [1.54, 1.807) is 0 Å². The lowest BCUT2D eigenvalue weighted by molar-refractivity contribution is 0.360. The first kappa shape index (κ1) is 11.7. The van der Waals surface area contributed by atoms with E-state index in [1.165, 1.54) is 25.7 Å². The minimum Gasteiger partial charge on any atom is -0.341 e. The van der Waals surface area contributed by atoms with Crippen LogP contribution in [0.3, 0.4) is 0 Å². The smallest absolute Gasteiger partial charge is 0.231 e. The van der Waals surface area contributed by atoms with Gasteiger partial charge in [0.25, 0.3) is 0 Å². The predicted octanol–water partition coefficient (Wildman–Crippen LogP) is 3.12. The topological polar surface area (TPSA) is 33.4 Å². The Morgan fingerprint density at radius 1 is 1.00 bits per heavy atom. The summed E-state index contributed by atoms with van der Waals surface area (Å²) in [5.74, 6) is 2.99. The molecule has 3 heterocycles. The average Bonchev–Trinajstić information content (AvgIpc) is 3.20. The van der Waals surface area contributed by atoms with Crippen molar-refractivity contribution in [3.63, 3.8) is 0 Å². The number of aromatic nitrogens is 3. The van der Waals surface area contributed by atoms with Gasteiger partial charge in [-0.25, -0.2) is 0 Å². The normalized spacial score (nSPS) is 21.2. The fourth-order valence-electron chi connectivity index (χ4n) is 3.21. The maximum Gasteiger partial charge on any atom is 0.231 e. The van der Waals surface area contributed by atoms with Gasteiger partial charge in [0.2, 0.25) is 5.95 Å². The van der Waals surface area contributed by atoms with Crippen molar-refractivity contribution in [3.8, 4) is 0 Å². The molecule has 2 fully saturated rings. The predicted molar refractivity (Wildman–Crippen MR) is 78.3 cm³/mol. The van der Waals surface area contributed by atoms with Gasteiger partial charge in [0, 0.05) is 23.8 Å². The summed E-state index contributed by atoms with van der Waals surface area (Å²) in [6.07, 6.45) is 7.61. The van der Waals surface area contributed by atoms with Crippen molar-refractivity contribution in [1.29, 1.82) is 0 Å². The van der Waals surface area contributed by atoms with E-state index in [2.05, 4.69) is 41.6 Å². The Kier molecular flexibility index (Phi) is 2.76. The summed E-state index contributed by atoms with van der Waals surface area (Å²) in [5, 5.41) is 8.62. The minimum absolute atomic E-state index is 0.919. The van der Waals surface area contributed by atoms with Crippen LogP contribution in [0.5, 0.6) is 0 Å². The molecular weight excluding hydrogens is 304 g/mol. The first-order valence-electron chi connectivity index (χ1n) is 7.06. The van der Waals surface area contributed by atoms with Gasteiger partial charge in [0.05, 0.1) is 0 Å². The molecule has 2 aliphatic rings. The van der Waals surface area contributed by atoms with E-state index in [0.29, 0.717) is 0 Å². The van der Waals surface area contributed by atoms with Crippen LogP contribution in [0.4, 0.5) is 5.95 Å². The highest BCUT2D eigenvalue weighted by Crippen LogP contribution is 2.42. The van der Waals surface area contributed by atoms with Gasteiger partial charge in [-0.1, -0.05) is 0 Å². The second-order valence-electron chi connectivity index (χ2n) is 5.74. The van der Waals surface area contributed by atoms with Gasteiger partial charge in [-0.3, -0.25) is 4.40 Å². The summed E-state index contributed by atoms with van der Waals surface area (Å²) in [5.41, 5.74) is 0.919. The first-order chi connectivity index (χ1) is 9.31. The molecule has 1 aliphatic carbocycles. The summed E-state index contributed by atoms with van der Waals surface area (Å²) in [6.45, 7) is 2.24. The van der Waals surface area contributed by atoms with Crippen molar-refractivity contribution in [2.75, 3.05) is 18.0 Å². The lowest BCUT2D eigenvalue weighted by atomic mass is 9.92. The van der Waals surface area contributed by atoms with E-state index < -0.39 is 0 Å². The molecule has 2 aromatic heterocycles. The lowest BCUT2D eigenvalue weighted by Crippen LogP contribution is -2.35. The molecular formula is C14H17BrN4. The van der Waals surface area contributed by atoms with Crippen LogP contribution < -0.4 is 4.90 Å². The Labute approximate surface area is 120 Å². The summed E-state index contributed by atoms with van der Waals surface area (Å²) >= 11 is 3.52. The standard InChI is InChI=1S/C14H17BrN4/c15-12-3-4-13-16-17-14(19(13)9-12)18-7-5-11(6-8-18)10-1-2-10/h3-4,9-11H,1-2,5-8H2. The molecule has 0 atom stereocenters. The van der Waals surface area contributed by atoms with E-state index >= 15 is 0 Å². The Morgan fingerprint density at radius 3 is 2.47 bits per heavy atom. The summed E-state index contributed by atoms with van der Waals surface area (Å²) < 4.78 is 3.15. The minimum atomic E-state index is 0.919. The number of rotatable bonds is 2. The molecule has 5 heteroatoms. The van der Waals surface area contributed by atoms with Crippen molar-refractivity contribution in [1.82, 2.24) is 14.6 Å². The molecule has 0 radical (unpaired) electrons. The van der Waals surface area contributed by atoms with Crippen LogP contribution >= 0.6 is 15.9 Å². The number of nitrogens with zero attached hydrogens (tertiary/aromatic N) is 4. The molecule has 0 N–H and O–H groups in total. The lowest BCUT2D eigenvalue weighted by Gasteiger charge is -2.32. The van der Waals surface area contributed by atoms with Crippen molar-refractivity contribution >= 4 is 27.5 Å². The number of fused-ring (bicyclic) bond motifs is 1. The third-order valence-corrected chi connectivity index (χ3v) is 4.93. The number of piperidine rings is 1. The van der Waals surface area contributed by atoms with E-state index in [0.717, 1.165) is 41.0 Å². The zero-order valence-electron chi connectivity index (χ0n) is 10.8. The fraction of sp³-hybridized carbons (Fsp3) is 0.571. The monoisotopic (exact) mass is 320 g/mol. The van der Waals surface area contributed by atoms with Crippen LogP contribution in [0.1, 0.15) is 25.7 Å². The fourth-order valence-corrected chi connectivity index (χ4v) is 3.54. The number of pyridine rings is 1. The number of anilines is 1. The van der Waals surface area contributed by atoms with Crippen LogP contribution in [-0.2, 0) is 0 Å². The summed E-state index contributed by atoms with van der Waals surface area (Å²) in [4.78, 5) is 2.38. The molecule has 19 heavy (non-hydrogen) atoms. The molecule has 2 aromatic rings. The molecule has 0 spiro atoms. The van der Waals surface area contributed by atoms with Crippen molar-refractivity contribution in [3.05, 3.63) is 22.8 Å². The van der Waals surface area contributed by atoms with Crippen molar-refractivity contribution < 1.29 is 0 Å².